The molecular weight excluding hydrogens is 403 g/mol. The van der Waals surface area contributed by atoms with Crippen LogP contribution in [0.3, 0.4) is 0 Å². The van der Waals surface area contributed by atoms with E-state index in [4.69, 9.17) is 0 Å². The Bertz CT molecular complexity index is 1010. The fraction of sp³-hybridized carbons (Fsp3) is 0.400. The number of nitrogens with zero attached hydrogens (tertiary/aromatic N) is 1. The van der Waals surface area contributed by atoms with Crippen LogP contribution in [0.5, 0.6) is 5.19 Å². The van der Waals surface area contributed by atoms with E-state index in [-0.39, 0.29) is 17.1 Å². The second kappa shape index (κ2) is 7.70. The van der Waals surface area contributed by atoms with Crippen LogP contribution in [0.25, 0.3) is 10.9 Å². The number of hydrogen-bond donors (Lipinski definition) is 2. The molecule has 29 heavy (non-hydrogen) atoms. The third-order valence-corrected chi connectivity index (χ3v) is 6.15. The van der Waals surface area contributed by atoms with Crippen LogP contribution >= 0.6 is 11.3 Å². The number of benzene rings is 1. The zero-order valence-electron chi connectivity index (χ0n) is 15.6. The Kier molecular flexibility index (Phi) is 5.24. The molecule has 2 aromatic heterocycles. The average molecular weight is 423 g/mol. The first-order valence-electron chi connectivity index (χ1n) is 9.31. The van der Waals surface area contributed by atoms with Crippen molar-refractivity contribution in [3.05, 3.63) is 47.1 Å². The standard InChI is InChI=1S/C20H20F3N3O2S/c1-11(17-9-25-19(29-17)28-10-20(21,22)23)26-18(27)7-12-6-14(12)15-8-24-16-5-3-2-4-13(15)16/h2-5,8-9,11-12,14,24H,6-7,10H2,1H3,(H,26,27)/t11-,12+,14-/m1/s1. The number of amides is 1. The maximum absolute atomic E-state index is 12.4. The molecule has 3 aromatic rings. The summed E-state index contributed by atoms with van der Waals surface area (Å²) in [6.07, 6.45) is 0.449. The highest BCUT2D eigenvalue weighted by molar-refractivity contribution is 7.13. The van der Waals surface area contributed by atoms with Crippen LogP contribution in [0.15, 0.2) is 36.7 Å². The maximum atomic E-state index is 12.4. The van der Waals surface area contributed by atoms with Gasteiger partial charge in [-0.3, -0.25) is 4.79 Å². The molecule has 1 amide bonds. The molecule has 4 rings (SSSR count). The van der Waals surface area contributed by atoms with Crippen LogP contribution in [0.4, 0.5) is 13.2 Å². The summed E-state index contributed by atoms with van der Waals surface area (Å²) in [6, 6.07) is 7.77. The van der Waals surface area contributed by atoms with E-state index in [1.807, 2.05) is 24.4 Å². The number of halogens is 3. The fourth-order valence-corrected chi connectivity index (χ4v) is 4.31. The topological polar surface area (TPSA) is 67.0 Å². The van der Waals surface area contributed by atoms with Gasteiger partial charge in [-0.25, -0.2) is 4.98 Å². The van der Waals surface area contributed by atoms with Crippen molar-refractivity contribution in [2.24, 2.45) is 5.92 Å². The number of fused-ring (bicyclic) bond motifs is 1. The second-order valence-electron chi connectivity index (χ2n) is 7.32. The maximum Gasteiger partial charge on any atom is 0.422 e. The van der Waals surface area contributed by atoms with Crippen molar-refractivity contribution in [3.63, 3.8) is 0 Å². The van der Waals surface area contributed by atoms with Crippen LogP contribution in [0.2, 0.25) is 0 Å². The predicted molar refractivity (Wildman–Crippen MR) is 104 cm³/mol. The molecule has 1 fully saturated rings. The summed E-state index contributed by atoms with van der Waals surface area (Å²) in [7, 11) is 0. The molecule has 3 atom stereocenters. The van der Waals surface area contributed by atoms with Gasteiger partial charge < -0.3 is 15.0 Å². The highest BCUT2D eigenvalue weighted by Gasteiger charge is 2.41. The lowest BCUT2D eigenvalue weighted by molar-refractivity contribution is -0.153. The molecular formula is C20H20F3N3O2S. The van der Waals surface area contributed by atoms with E-state index in [2.05, 4.69) is 26.1 Å². The molecule has 1 aliphatic rings. The lowest BCUT2D eigenvalue weighted by atomic mass is 10.1. The minimum Gasteiger partial charge on any atom is -0.460 e. The Morgan fingerprint density at radius 2 is 2.21 bits per heavy atom. The smallest absolute Gasteiger partial charge is 0.422 e. The van der Waals surface area contributed by atoms with Gasteiger partial charge in [0.2, 0.25) is 5.91 Å². The van der Waals surface area contributed by atoms with E-state index in [9.17, 15) is 18.0 Å². The summed E-state index contributed by atoms with van der Waals surface area (Å²) in [6.45, 7) is 0.403. The lowest BCUT2D eigenvalue weighted by Crippen LogP contribution is -2.26. The van der Waals surface area contributed by atoms with Crippen LogP contribution in [-0.2, 0) is 4.79 Å². The summed E-state index contributed by atoms with van der Waals surface area (Å²) < 4.78 is 41.3. The Morgan fingerprint density at radius 3 is 3.00 bits per heavy atom. The third kappa shape index (κ3) is 4.72. The molecule has 0 aliphatic heterocycles. The van der Waals surface area contributed by atoms with Gasteiger partial charge in [0.15, 0.2) is 6.61 Å². The number of aromatic amines is 1. The van der Waals surface area contributed by atoms with Gasteiger partial charge in [-0.1, -0.05) is 29.5 Å². The van der Waals surface area contributed by atoms with Crippen LogP contribution in [0, 0.1) is 5.92 Å². The summed E-state index contributed by atoms with van der Waals surface area (Å²) in [5.74, 6) is 0.600. The van der Waals surface area contributed by atoms with Gasteiger partial charge in [-0.05, 0) is 36.8 Å². The molecule has 2 N–H and O–H groups in total. The lowest BCUT2D eigenvalue weighted by Gasteiger charge is -2.11. The van der Waals surface area contributed by atoms with Gasteiger partial charge in [0, 0.05) is 29.7 Å². The molecule has 1 saturated carbocycles. The van der Waals surface area contributed by atoms with Crippen LogP contribution < -0.4 is 10.1 Å². The average Bonchev–Trinajstić information content (AvgIpc) is 3.09. The molecule has 5 nitrogen and oxygen atoms in total. The quantitative estimate of drug-likeness (QED) is 0.566. The van der Waals surface area contributed by atoms with Crippen molar-refractivity contribution in [1.82, 2.24) is 15.3 Å². The summed E-state index contributed by atoms with van der Waals surface area (Å²) >= 11 is 1.01. The number of thiazole rings is 1. The molecule has 1 aliphatic carbocycles. The minimum atomic E-state index is -4.41. The molecule has 0 saturated heterocycles. The predicted octanol–water partition coefficient (Wildman–Crippen LogP) is 4.94. The molecule has 154 valence electrons. The molecule has 0 bridgehead atoms. The summed E-state index contributed by atoms with van der Waals surface area (Å²) in [5.41, 5.74) is 2.35. The molecule has 0 radical (unpaired) electrons. The van der Waals surface area contributed by atoms with E-state index in [0.29, 0.717) is 23.1 Å². The van der Waals surface area contributed by atoms with Crippen molar-refractivity contribution in [2.75, 3.05) is 6.61 Å². The number of H-pyrrole nitrogens is 1. The van der Waals surface area contributed by atoms with E-state index < -0.39 is 12.8 Å². The van der Waals surface area contributed by atoms with Crippen LogP contribution in [0.1, 0.15) is 42.2 Å². The van der Waals surface area contributed by atoms with Gasteiger partial charge >= 0.3 is 6.18 Å². The number of para-hydroxylation sites is 1. The number of aromatic nitrogens is 2. The Hall–Kier alpha value is -2.55. The van der Waals surface area contributed by atoms with Gasteiger partial charge in [0.25, 0.3) is 5.19 Å². The molecule has 1 aromatic carbocycles. The Labute approximate surface area is 169 Å². The summed E-state index contributed by atoms with van der Waals surface area (Å²) in [5, 5.41) is 4.05. The van der Waals surface area contributed by atoms with E-state index >= 15 is 0 Å². The van der Waals surface area contributed by atoms with Crippen molar-refractivity contribution in [2.45, 2.75) is 37.9 Å². The fourth-order valence-electron chi connectivity index (χ4n) is 3.54. The van der Waals surface area contributed by atoms with Crippen molar-refractivity contribution < 1.29 is 22.7 Å². The minimum absolute atomic E-state index is 0.0555. The number of alkyl halides is 3. The normalized spacial score (nSPS) is 19.9. The molecule has 0 spiro atoms. The zero-order valence-corrected chi connectivity index (χ0v) is 16.4. The highest BCUT2D eigenvalue weighted by atomic mass is 32.1. The summed E-state index contributed by atoms with van der Waals surface area (Å²) in [4.78, 5) is 20.2. The Morgan fingerprint density at radius 1 is 1.41 bits per heavy atom. The van der Waals surface area contributed by atoms with Gasteiger partial charge in [-0.15, -0.1) is 0 Å². The Balaban J connectivity index is 1.29. The van der Waals surface area contributed by atoms with Gasteiger partial charge in [-0.2, -0.15) is 13.2 Å². The van der Waals surface area contributed by atoms with Crippen molar-refractivity contribution in [1.29, 1.82) is 0 Å². The van der Waals surface area contributed by atoms with Crippen LogP contribution in [-0.4, -0.2) is 28.7 Å². The number of ether oxygens (including phenoxy) is 1. The number of nitrogens with one attached hydrogen (secondary N) is 2. The van der Waals surface area contributed by atoms with E-state index in [0.717, 1.165) is 23.3 Å². The van der Waals surface area contributed by atoms with Gasteiger partial charge in [0.05, 0.1) is 10.9 Å². The SMILES string of the molecule is C[C@@H](NC(=O)C[C@@H]1C[C@H]1c1c[nH]c2ccccc12)c1cnc(OCC(F)(F)F)s1. The monoisotopic (exact) mass is 423 g/mol. The number of rotatable bonds is 7. The number of carbonyl (C=O) groups excluding carboxylic acids is 1. The number of carbonyl (C=O) groups is 1. The largest absolute Gasteiger partial charge is 0.460 e. The first-order valence-corrected chi connectivity index (χ1v) is 10.1. The van der Waals surface area contributed by atoms with E-state index in [1.54, 1.807) is 6.92 Å². The third-order valence-electron chi connectivity index (χ3n) is 5.06. The molecule has 2 heterocycles. The second-order valence-corrected chi connectivity index (χ2v) is 8.34. The molecule has 0 unspecified atom stereocenters. The molecule has 9 heteroatoms. The first kappa shape index (κ1) is 19.8. The highest BCUT2D eigenvalue weighted by Crippen LogP contribution is 2.51. The van der Waals surface area contributed by atoms with Crippen molar-refractivity contribution >= 4 is 28.1 Å². The first-order chi connectivity index (χ1) is 13.8. The number of hydrogen-bond acceptors (Lipinski definition) is 4. The van der Waals surface area contributed by atoms with Gasteiger partial charge in [0.1, 0.15) is 0 Å². The van der Waals surface area contributed by atoms with E-state index in [1.165, 1.54) is 17.1 Å². The zero-order chi connectivity index (χ0) is 20.6. The van der Waals surface area contributed by atoms with Crippen molar-refractivity contribution in [3.8, 4) is 5.19 Å².